The highest BCUT2D eigenvalue weighted by molar-refractivity contribution is 7.16. The molecule has 0 aliphatic carbocycles. The molecule has 104 valence electrons. The quantitative estimate of drug-likeness (QED) is 0.732. The molecule has 1 rings (SSSR count). The van der Waals surface area contributed by atoms with Crippen molar-refractivity contribution >= 4 is 22.9 Å². The third-order valence-corrected chi connectivity index (χ3v) is 4.52. The van der Waals surface area contributed by atoms with E-state index in [1.165, 1.54) is 24.1 Å². The van der Waals surface area contributed by atoms with Crippen molar-refractivity contribution in [2.24, 2.45) is 5.41 Å². The number of rotatable bonds is 7. The molecule has 0 aliphatic rings. The molecule has 0 saturated carbocycles. The summed E-state index contributed by atoms with van der Waals surface area (Å²) in [6, 6.07) is 4.75. The molecule has 1 atom stereocenters. The predicted octanol–water partition coefficient (Wildman–Crippen LogP) is 5.14. The lowest BCUT2D eigenvalue weighted by Gasteiger charge is -2.31. The Hall–Kier alpha value is -0.0500. The van der Waals surface area contributed by atoms with Crippen LogP contribution in [0.5, 0.6) is 0 Å². The highest BCUT2D eigenvalue weighted by Gasteiger charge is 2.23. The van der Waals surface area contributed by atoms with E-state index >= 15 is 0 Å². The Balaban J connectivity index is 2.37. The first kappa shape index (κ1) is 16.0. The first-order valence-electron chi connectivity index (χ1n) is 6.91. The second-order valence-corrected chi connectivity index (χ2v) is 7.77. The molecule has 0 fully saturated rings. The van der Waals surface area contributed by atoms with E-state index in [2.05, 4.69) is 39.1 Å². The summed E-state index contributed by atoms with van der Waals surface area (Å²) in [5.74, 6) is 0. The zero-order chi connectivity index (χ0) is 13.6. The van der Waals surface area contributed by atoms with Gasteiger partial charge in [0, 0.05) is 10.9 Å². The summed E-state index contributed by atoms with van der Waals surface area (Å²) in [6.45, 7) is 10.3. The highest BCUT2D eigenvalue weighted by Crippen LogP contribution is 2.26. The van der Waals surface area contributed by atoms with Crippen LogP contribution in [0, 0.1) is 5.41 Å². The van der Waals surface area contributed by atoms with Gasteiger partial charge in [0.15, 0.2) is 0 Å². The van der Waals surface area contributed by atoms with Gasteiger partial charge in [-0.1, -0.05) is 39.3 Å². The number of halogens is 1. The van der Waals surface area contributed by atoms with Crippen molar-refractivity contribution in [2.45, 2.75) is 59.4 Å². The van der Waals surface area contributed by atoms with Gasteiger partial charge in [0.05, 0.1) is 4.34 Å². The van der Waals surface area contributed by atoms with Gasteiger partial charge in [0.2, 0.25) is 0 Å². The van der Waals surface area contributed by atoms with E-state index in [1.807, 2.05) is 6.07 Å². The van der Waals surface area contributed by atoms with E-state index in [4.69, 9.17) is 11.6 Å². The minimum absolute atomic E-state index is 0.336. The summed E-state index contributed by atoms with van der Waals surface area (Å²) < 4.78 is 0.904. The van der Waals surface area contributed by atoms with E-state index in [0.717, 1.165) is 17.3 Å². The number of nitrogens with one attached hydrogen (secondary N) is 1. The summed E-state index contributed by atoms with van der Waals surface area (Å²) in [5.41, 5.74) is 0.336. The molecule has 1 N–H and O–H groups in total. The Morgan fingerprint density at radius 2 is 2.06 bits per heavy atom. The normalized spacial score (nSPS) is 13.8. The molecule has 1 heterocycles. The molecule has 0 saturated heterocycles. The molecule has 0 spiro atoms. The maximum absolute atomic E-state index is 5.95. The van der Waals surface area contributed by atoms with Crippen molar-refractivity contribution in [3.63, 3.8) is 0 Å². The minimum Gasteiger partial charge on any atom is -0.313 e. The standard InChI is InChI=1S/C15H26ClNS/c1-5-11-17-13(15(2,3)4)8-6-7-12-9-10-14(16)18-12/h9-10,13,17H,5-8,11H2,1-4H3. The van der Waals surface area contributed by atoms with E-state index in [1.54, 1.807) is 11.3 Å². The molecule has 0 aromatic carbocycles. The second-order valence-electron chi connectivity index (χ2n) is 5.97. The van der Waals surface area contributed by atoms with Gasteiger partial charge in [0.1, 0.15) is 0 Å². The predicted molar refractivity (Wildman–Crippen MR) is 83.8 cm³/mol. The molecule has 1 nitrogen and oxygen atoms in total. The summed E-state index contributed by atoms with van der Waals surface area (Å²) in [7, 11) is 0. The minimum atomic E-state index is 0.336. The third kappa shape index (κ3) is 5.73. The maximum atomic E-state index is 5.95. The molecule has 18 heavy (non-hydrogen) atoms. The smallest absolute Gasteiger partial charge is 0.0931 e. The van der Waals surface area contributed by atoms with Gasteiger partial charge in [-0.2, -0.15) is 0 Å². The number of thiophene rings is 1. The number of hydrogen-bond donors (Lipinski definition) is 1. The van der Waals surface area contributed by atoms with E-state index < -0.39 is 0 Å². The monoisotopic (exact) mass is 287 g/mol. The van der Waals surface area contributed by atoms with Gasteiger partial charge < -0.3 is 5.32 Å². The van der Waals surface area contributed by atoms with Crippen LogP contribution in [-0.2, 0) is 6.42 Å². The summed E-state index contributed by atoms with van der Waals surface area (Å²) >= 11 is 7.66. The molecule has 0 bridgehead atoms. The van der Waals surface area contributed by atoms with E-state index in [-0.39, 0.29) is 0 Å². The van der Waals surface area contributed by atoms with Crippen molar-refractivity contribution in [1.82, 2.24) is 5.32 Å². The van der Waals surface area contributed by atoms with Gasteiger partial charge in [-0.25, -0.2) is 0 Å². The van der Waals surface area contributed by atoms with Crippen LogP contribution in [0.25, 0.3) is 0 Å². The number of aryl methyl sites for hydroxylation is 1. The Kier molecular flexibility index (Phi) is 6.68. The van der Waals surface area contributed by atoms with Crippen LogP contribution in [0.1, 0.15) is 51.8 Å². The summed E-state index contributed by atoms with van der Waals surface area (Å²) in [4.78, 5) is 1.41. The zero-order valence-electron chi connectivity index (χ0n) is 12.1. The SMILES string of the molecule is CCCNC(CCCc1ccc(Cl)s1)C(C)(C)C. The molecule has 1 unspecified atom stereocenters. The fourth-order valence-electron chi connectivity index (χ4n) is 2.13. The largest absolute Gasteiger partial charge is 0.313 e. The first-order chi connectivity index (χ1) is 8.43. The lowest BCUT2D eigenvalue weighted by atomic mass is 9.83. The highest BCUT2D eigenvalue weighted by atomic mass is 35.5. The first-order valence-corrected chi connectivity index (χ1v) is 8.10. The Morgan fingerprint density at radius 3 is 2.56 bits per heavy atom. The lowest BCUT2D eigenvalue weighted by Crippen LogP contribution is -2.40. The van der Waals surface area contributed by atoms with Gasteiger partial charge in [-0.3, -0.25) is 0 Å². The lowest BCUT2D eigenvalue weighted by molar-refractivity contribution is 0.251. The molecular weight excluding hydrogens is 262 g/mol. The van der Waals surface area contributed by atoms with Crippen molar-refractivity contribution in [3.05, 3.63) is 21.3 Å². The average Bonchev–Trinajstić information content (AvgIpc) is 2.67. The van der Waals surface area contributed by atoms with Crippen molar-refractivity contribution < 1.29 is 0 Å². The summed E-state index contributed by atoms with van der Waals surface area (Å²) in [6.07, 6.45) is 4.82. The van der Waals surface area contributed by atoms with Gasteiger partial charge >= 0.3 is 0 Å². The molecule has 0 aliphatic heterocycles. The molecule has 0 radical (unpaired) electrons. The fourth-order valence-corrected chi connectivity index (χ4v) is 3.26. The molecule has 1 aromatic rings. The Bertz CT molecular complexity index is 341. The van der Waals surface area contributed by atoms with Crippen LogP contribution >= 0.6 is 22.9 Å². The molecular formula is C15H26ClNS. The molecule has 3 heteroatoms. The van der Waals surface area contributed by atoms with Gasteiger partial charge in [0.25, 0.3) is 0 Å². The van der Waals surface area contributed by atoms with Crippen molar-refractivity contribution in [2.75, 3.05) is 6.54 Å². The van der Waals surface area contributed by atoms with Crippen LogP contribution in [0.3, 0.4) is 0 Å². The fraction of sp³-hybridized carbons (Fsp3) is 0.733. The zero-order valence-corrected chi connectivity index (χ0v) is 13.6. The number of hydrogen-bond acceptors (Lipinski definition) is 2. The molecule has 1 aromatic heterocycles. The maximum Gasteiger partial charge on any atom is 0.0931 e. The Labute approximate surface area is 121 Å². The Morgan fingerprint density at radius 1 is 1.33 bits per heavy atom. The second kappa shape index (κ2) is 7.52. The van der Waals surface area contributed by atoms with E-state index in [0.29, 0.717) is 11.5 Å². The van der Waals surface area contributed by atoms with Crippen LogP contribution in [-0.4, -0.2) is 12.6 Å². The average molecular weight is 288 g/mol. The third-order valence-electron chi connectivity index (χ3n) is 3.23. The van der Waals surface area contributed by atoms with Crippen LogP contribution in [0.15, 0.2) is 12.1 Å². The van der Waals surface area contributed by atoms with E-state index in [9.17, 15) is 0 Å². The van der Waals surface area contributed by atoms with Gasteiger partial charge in [-0.15, -0.1) is 11.3 Å². The topological polar surface area (TPSA) is 12.0 Å². The molecule has 0 amide bonds. The van der Waals surface area contributed by atoms with Gasteiger partial charge in [-0.05, 0) is 49.8 Å². The van der Waals surface area contributed by atoms with Crippen LogP contribution in [0.4, 0.5) is 0 Å². The summed E-state index contributed by atoms with van der Waals surface area (Å²) in [5, 5.41) is 3.68. The van der Waals surface area contributed by atoms with Crippen molar-refractivity contribution in [1.29, 1.82) is 0 Å². The van der Waals surface area contributed by atoms with Crippen molar-refractivity contribution in [3.8, 4) is 0 Å². The van der Waals surface area contributed by atoms with Crippen LogP contribution in [0.2, 0.25) is 4.34 Å². The van der Waals surface area contributed by atoms with Crippen LogP contribution < -0.4 is 5.32 Å².